The largest absolute Gasteiger partial charge is 0.325 e. The van der Waals surface area contributed by atoms with Gasteiger partial charge in [0.25, 0.3) is 0 Å². The number of rotatable bonds is 5. The summed E-state index contributed by atoms with van der Waals surface area (Å²) < 4.78 is 2.02. The normalized spacial score (nSPS) is 11.1. The van der Waals surface area contributed by atoms with Gasteiger partial charge in [-0.2, -0.15) is 0 Å². The molecule has 5 nitrogen and oxygen atoms in total. The summed E-state index contributed by atoms with van der Waals surface area (Å²) in [6.07, 6.45) is 0.357. The number of anilines is 1. The van der Waals surface area contributed by atoms with E-state index in [0.717, 1.165) is 21.7 Å². The van der Waals surface area contributed by atoms with Crippen LogP contribution < -0.4 is 5.32 Å². The average Bonchev–Trinajstić information content (AvgIpc) is 3.07. The van der Waals surface area contributed by atoms with Gasteiger partial charge in [0.05, 0.1) is 16.2 Å². The molecule has 130 valence electrons. The van der Waals surface area contributed by atoms with Crippen LogP contribution >= 0.6 is 23.4 Å². The molecule has 2 heterocycles. The fourth-order valence-corrected chi connectivity index (χ4v) is 3.79. The number of hydrogen-bond donors (Lipinski definition) is 1. The molecule has 0 atom stereocenters. The van der Waals surface area contributed by atoms with Crippen LogP contribution in [-0.2, 0) is 4.79 Å². The molecule has 26 heavy (non-hydrogen) atoms. The minimum atomic E-state index is -0.0794. The van der Waals surface area contributed by atoms with E-state index in [1.54, 1.807) is 12.1 Å². The molecule has 0 saturated carbocycles. The summed E-state index contributed by atoms with van der Waals surface area (Å²) in [6.45, 7) is 0. The average molecular weight is 383 g/mol. The number of amides is 1. The van der Waals surface area contributed by atoms with Gasteiger partial charge in [0.1, 0.15) is 0 Å². The zero-order chi connectivity index (χ0) is 17.9. The monoisotopic (exact) mass is 382 g/mol. The Bertz CT molecular complexity index is 1100. The molecule has 0 saturated heterocycles. The predicted octanol–water partition coefficient (Wildman–Crippen LogP) is 4.66. The molecule has 0 aliphatic heterocycles. The van der Waals surface area contributed by atoms with E-state index in [0.29, 0.717) is 22.9 Å². The lowest BCUT2D eigenvalue weighted by Gasteiger charge is -2.07. The van der Waals surface area contributed by atoms with Crippen LogP contribution in [0.5, 0.6) is 0 Å². The third kappa shape index (κ3) is 3.38. The zero-order valence-corrected chi connectivity index (χ0v) is 15.3. The summed E-state index contributed by atoms with van der Waals surface area (Å²) >= 11 is 7.57. The number of fused-ring (bicyclic) bond motifs is 3. The Balaban J connectivity index is 1.46. The summed E-state index contributed by atoms with van der Waals surface area (Å²) in [5.74, 6) is 0.518. The van der Waals surface area contributed by atoms with Gasteiger partial charge in [-0.25, -0.2) is 0 Å². The maximum absolute atomic E-state index is 12.1. The van der Waals surface area contributed by atoms with E-state index in [-0.39, 0.29) is 5.91 Å². The van der Waals surface area contributed by atoms with E-state index < -0.39 is 0 Å². The molecule has 0 bridgehead atoms. The van der Waals surface area contributed by atoms with Crippen molar-refractivity contribution in [1.82, 2.24) is 14.6 Å². The highest BCUT2D eigenvalue weighted by molar-refractivity contribution is 7.99. The van der Waals surface area contributed by atoms with Crippen LogP contribution in [0.15, 0.2) is 65.8 Å². The lowest BCUT2D eigenvalue weighted by molar-refractivity contribution is -0.115. The van der Waals surface area contributed by atoms with Crippen molar-refractivity contribution in [3.05, 3.63) is 65.7 Å². The minimum Gasteiger partial charge on any atom is -0.325 e. The lowest BCUT2D eigenvalue weighted by atomic mass is 10.2. The first-order valence-corrected chi connectivity index (χ1v) is 9.49. The quantitative estimate of drug-likeness (QED) is 0.510. The Morgan fingerprint density at radius 1 is 1.04 bits per heavy atom. The minimum absolute atomic E-state index is 0.0794. The molecule has 2 aromatic carbocycles. The van der Waals surface area contributed by atoms with Crippen molar-refractivity contribution in [3.8, 4) is 0 Å². The van der Waals surface area contributed by atoms with Crippen LogP contribution in [0, 0.1) is 0 Å². The Morgan fingerprint density at radius 3 is 2.73 bits per heavy atom. The molecule has 2 aromatic heterocycles. The Morgan fingerprint density at radius 2 is 1.85 bits per heavy atom. The van der Waals surface area contributed by atoms with Crippen molar-refractivity contribution in [2.45, 2.75) is 11.6 Å². The van der Waals surface area contributed by atoms with E-state index in [9.17, 15) is 4.79 Å². The number of hydrogen-bond acceptors (Lipinski definition) is 4. The van der Waals surface area contributed by atoms with E-state index in [1.165, 1.54) is 11.8 Å². The maximum atomic E-state index is 12.1. The highest BCUT2D eigenvalue weighted by Crippen LogP contribution is 2.24. The number of pyridine rings is 1. The number of halogens is 1. The second kappa shape index (κ2) is 7.35. The Labute approximate surface area is 159 Å². The van der Waals surface area contributed by atoms with Gasteiger partial charge in [0.2, 0.25) is 5.91 Å². The van der Waals surface area contributed by atoms with Crippen molar-refractivity contribution in [2.24, 2.45) is 0 Å². The van der Waals surface area contributed by atoms with E-state index in [1.807, 2.05) is 46.9 Å². The second-order valence-corrected chi connectivity index (χ2v) is 7.16. The summed E-state index contributed by atoms with van der Waals surface area (Å²) in [6, 6.07) is 19.3. The van der Waals surface area contributed by atoms with Gasteiger partial charge in [0, 0.05) is 12.2 Å². The van der Waals surface area contributed by atoms with Crippen molar-refractivity contribution in [1.29, 1.82) is 0 Å². The Hall–Kier alpha value is -2.57. The SMILES string of the molecule is O=C(CCSc1nnc2ccc3ccccc3n12)Nc1ccccc1Cl. The van der Waals surface area contributed by atoms with E-state index in [4.69, 9.17) is 11.6 Å². The fourth-order valence-electron chi connectivity index (χ4n) is 2.72. The highest BCUT2D eigenvalue weighted by atomic mass is 35.5. The van der Waals surface area contributed by atoms with E-state index in [2.05, 4.69) is 21.6 Å². The lowest BCUT2D eigenvalue weighted by Crippen LogP contribution is -2.12. The molecule has 0 fully saturated rings. The maximum Gasteiger partial charge on any atom is 0.225 e. The van der Waals surface area contributed by atoms with Crippen LogP contribution in [0.4, 0.5) is 5.69 Å². The van der Waals surface area contributed by atoms with Crippen molar-refractivity contribution < 1.29 is 4.79 Å². The molecule has 7 heteroatoms. The van der Waals surface area contributed by atoms with Gasteiger partial charge >= 0.3 is 0 Å². The first kappa shape index (κ1) is 16.9. The molecule has 4 aromatic rings. The number of para-hydroxylation sites is 2. The molecular formula is C19H15ClN4OS. The number of nitrogens with one attached hydrogen (secondary N) is 1. The predicted molar refractivity (Wildman–Crippen MR) is 106 cm³/mol. The Kier molecular flexibility index (Phi) is 4.77. The molecular weight excluding hydrogens is 368 g/mol. The standard InChI is InChI=1S/C19H15ClN4OS/c20-14-6-2-3-7-15(14)21-18(25)11-12-26-19-23-22-17-10-9-13-5-1-4-8-16(13)24(17)19/h1-10H,11-12H2,(H,21,25). The molecule has 0 unspecified atom stereocenters. The summed E-state index contributed by atoms with van der Waals surface area (Å²) in [7, 11) is 0. The van der Waals surface area contributed by atoms with Gasteiger partial charge < -0.3 is 5.32 Å². The van der Waals surface area contributed by atoms with Crippen LogP contribution in [0.3, 0.4) is 0 Å². The topological polar surface area (TPSA) is 59.3 Å². The molecule has 1 N–H and O–H groups in total. The molecule has 0 spiro atoms. The van der Waals surface area contributed by atoms with Crippen LogP contribution in [-0.4, -0.2) is 26.3 Å². The number of aromatic nitrogens is 3. The third-order valence-electron chi connectivity index (χ3n) is 3.96. The van der Waals surface area contributed by atoms with Gasteiger partial charge in [-0.3, -0.25) is 9.20 Å². The van der Waals surface area contributed by atoms with Crippen molar-refractivity contribution in [3.63, 3.8) is 0 Å². The van der Waals surface area contributed by atoms with Gasteiger partial charge in [-0.05, 0) is 35.7 Å². The van der Waals surface area contributed by atoms with Gasteiger partial charge in [0.15, 0.2) is 10.8 Å². The molecule has 1 amide bonds. The molecule has 4 rings (SSSR count). The second-order valence-electron chi connectivity index (χ2n) is 5.69. The number of carbonyl (C=O) groups is 1. The van der Waals surface area contributed by atoms with Crippen molar-refractivity contribution >= 4 is 51.5 Å². The van der Waals surface area contributed by atoms with Crippen LogP contribution in [0.2, 0.25) is 5.02 Å². The highest BCUT2D eigenvalue weighted by Gasteiger charge is 2.11. The summed E-state index contributed by atoms with van der Waals surface area (Å²) in [4.78, 5) is 12.1. The fraction of sp³-hybridized carbons (Fsp3) is 0.105. The van der Waals surface area contributed by atoms with Crippen molar-refractivity contribution in [2.75, 3.05) is 11.1 Å². The van der Waals surface area contributed by atoms with Gasteiger partial charge in [-0.1, -0.05) is 53.7 Å². The summed E-state index contributed by atoms with van der Waals surface area (Å²) in [5.41, 5.74) is 2.48. The third-order valence-corrected chi connectivity index (χ3v) is 5.22. The number of carbonyl (C=O) groups excluding carboxylic acids is 1. The van der Waals surface area contributed by atoms with Gasteiger partial charge in [-0.15, -0.1) is 10.2 Å². The first-order valence-electron chi connectivity index (χ1n) is 8.12. The summed E-state index contributed by atoms with van der Waals surface area (Å²) in [5, 5.41) is 13.7. The smallest absolute Gasteiger partial charge is 0.225 e. The number of thioether (sulfide) groups is 1. The number of nitrogens with zero attached hydrogens (tertiary/aromatic N) is 3. The zero-order valence-electron chi connectivity index (χ0n) is 13.7. The van der Waals surface area contributed by atoms with Crippen LogP contribution in [0.1, 0.15) is 6.42 Å². The number of benzene rings is 2. The molecule has 0 aliphatic rings. The molecule has 0 aliphatic carbocycles. The van der Waals surface area contributed by atoms with E-state index >= 15 is 0 Å². The molecule has 0 radical (unpaired) electrons. The first-order chi connectivity index (χ1) is 12.7. The van der Waals surface area contributed by atoms with Crippen LogP contribution in [0.25, 0.3) is 16.6 Å².